The van der Waals surface area contributed by atoms with E-state index in [1.807, 2.05) is 0 Å². The van der Waals surface area contributed by atoms with Crippen molar-refractivity contribution in [2.24, 2.45) is 7.05 Å². The highest BCUT2D eigenvalue weighted by Gasteiger charge is 2.20. The third-order valence-corrected chi connectivity index (χ3v) is 5.79. The SMILES string of the molecule is C.CN1CCc2ccc(Nc3ccc4c5c(n(C)c4n3)CCC5)cc2C1. The number of aryl methyl sites for hydroxylation is 2. The Bertz CT molecular complexity index is 970. The maximum atomic E-state index is 4.90. The molecule has 2 aromatic heterocycles. The van der Waals surface area contributed by atoms with Gasteiger partial charge in [-0.05, 0) is 73.7 Å². The molecule has 0 saturated heterocycles. The molecule has 4 nitrogen and oxygen atoms in total. The molecule has 2 aliphatic rings. The normalized spacial score (nSPS) is 16.2. The van der Waals surface area contributed by atoms with Crippen molar-refractivity contribution in [2.75, 3.05) is 18.9 Å². The smallest absolute Gasteiger partial charge is 0.142 e. The van der Waals surface area contributed by atoms with E-state index in [1.54, 1.807) is 0 Å². The second kappa shape index (κ2) is 6.44. The van der Waals surface area contributed by atoms with E-state index in [0.717, 1.165) is 36.7 Å². The summed E-state index contributed by atoms with van der Waals surface area (Å²) in [6.07, 6.45) is 4.80. The fraction of sp³-hybridized carbons (Fsp3) is 0.409. The molecule has 4 heteroatoms. The van der Waals surface area contributed by atoms with E-state index in [1.165, 1.54) is 47.0 Å². The quantitative estimate of drug-likeness (QED) is 0.744. The monoisotopic (exact) mass is 348 g/mol. The summed E-state index contributed by atoms with van der Waals surface area (Å²) in [4.78, 5) is 7.28. The number of benzene rings is 1. The van der Waals surface area contributed by atoms with Crippen molar-refractivity contribution in [3.8, 4) is 0 Å². The molecule has 1 aromatic carbocycles. The van der Waals surface area contributed by atoms with Gasteiger partial charge >= 0.3 is 0 Å². The zero-order valence-corrected chi connectivity index (χ0v) is 15.0. The highest BCUT2D eigenvalue weighted by molar-refractivity contribution is 5.84. The predicted molar refractivity (Wildman–Crippen MR) is 109 cm³/mol. The summed E-state index contributed by atoms with van der Waals surface area (Å²) in [6.45, 7) is 2.18. The van der Waals surface area contributed by atoms with Crippen LogP contribution in [0.15, 0.2) is 30.3 Å². The molecule has 0 fully saturated rings. The molecule has 0 spiro atoms. The number of hydrogen-bond acceptors (Lipinski definition) is 3. The van der Waals surface area contributed by atoms with E-state index in [2.05, 4.69) is 59.2 Å². The van der Waals surface area contributed by atoms with Gasteiger partial charge in [-0.3, -0.25) is 0 Å². The lowest BCUT2D eigenvalue weighted by atomic mass is 9.99. The Hall–Kier alpha value is -2.33. The lowest BCUT2D eigenvalue weighted by molar-refractivity contribution is 0.313. The molecule has 136 valence electrons. The number of hydrogen-bond donors (Lipinski definition) is 1. The minimum absolute atomic E-state index is 0. The predicted octanol–water partition coefficient (Wildman–Crippen LogP) is 4.43. The Balaban J connectivity index is 0.00000168. The first kappa shape index (κ1) is 17.1. The largest absolute Gasteiger partial charge is 0.340 e. The van der Waals surface area contributed by atoms with E-state index in [9.17, 15) is 0 Å². The fourth-order valence-corrected chi connectivity index (χ4v) is 4.45. The number of pyridine rings is 1. The van der Waals surface area contributed by atoms with Crippen molar-refractivity contribution in [2.45, 2.75) is 39.7 Å². The van der Waals surface area contributed by atoms with Gasteiger partial charge in [0, 0.05) is 36.9 Å². The van der Waals surface area contributed by atoms with Crippen LogP contribution in [0, 0.1) is 0 Å². The Morgan fingerprint density at radius 1 is 1.00 bits per heavy atom. The Morgan fingerprint density at radius 3 is 2.77 bits per heavy atom. The van der Waals surface area contributed by atoms with Crippen LogP contribution in [-0.4, -0.2) is 28.0 Å². The van der Waals surface area contributed by atoms with Crippen LogP contribution in [0.25, 0.3) is 11.0 Å². The van der Waals surface area contributed by atoms with Crippen LogP contribution in [0.4, 0.5) is 11.5 Å². The van der Waals surface area contributed by atoms with Gasteiger partial charge in [-0.2, -0.15) is 0 Å². The number of likely N-dealkylation sites (N-methyl/N-ethyl adjacent to an activating group) is 1. The highest BCUT2D eigenvalue weighted by atomic mass is 15.1. The van der Waals surface area contributed by atoms with Crippen molar-refractivity contribution in [3.63, 3.8) is 0 Å². The van der Waals surface area contributed by atoms with E-state index in [0.29, 0.717) is 0 Å². The van der Waals surface area contributed by atoms with Gasteiger partial charge in [0.25, 0.3) is 0 Å². The lowest BCUT2D eigenvalue weighted by Gasteiger charge is -2.25. The van der Waals surface area contributed by atoms with Crippen molar-refractivity contribution in [1.82, 2.24) is 14.5 Å². The molecular weight excluding hydrogens is 320 g/mol. The Kier molecular flexibility index (Phi) is 4.23. The summed E-state index contributed by atoms with van der Waals surface area (Å²) in [7, 11) is 4.34. The van der Waals surface area contributed by atoms with Gasteiger partial charge in [0.05, 0.1) is 0 Å². The van der Waals surface area contributed by atoms with Crippen LogP contribution in [0.1, 0.15) is 36.2 Å². The van der Waals surface area contributed by atoms with Crippen molar-refractivity contribution < 1.29 is 0 Å². The molecule has 0 unspecified atom stereocenters. The van der Waals surface area contributed by atoms with Crippen LogP contribution < -0.4 is 5.32 Å². The summed E-state index contributed by atoms with van der Waals surface area (Å²) in [6, 6.07) is 11.1. The molecule has 1 aliphatic carbocycles. The Labute approximate surface area is 155 Å². The zero-order chi connectivity index (χ0) is 17.0. The minimum Gasteiger partial charge on any atom is -0.340 e. The summed E-state index contributed by atoms with van der Waals surface area (Å²) in [5.41, 5.74) is 8.11. The average Bonchev–Trinajstić information content (AvgIpc) is 3.18. The third kappa shape index (κ3) is 2.69. The molecule has 0 radical (unpaired) electrons. The number of fused-ring (bicyclic) bond motifs is 4. The number of anilines is 2. The maximum Gasteiger partial charge on any atom is 0.142 e. The van der Waals surface area contributed by atoms with Gasteiger partial charge < -0.3 is 14.8 Å². The first-order chi connectivity index (χ1) is 12.2. The van der Waals surface area contributed by atoms with E-state index in [4.69, 9.17) is 4.98 Å². The highest BCUT2D eigenvalue weighted by Crippen LogP contribution is 2.32. The lowest BCUT2D eigenvalue weighted by Crippen LogP contribution is -2.26. The molecule has 1 N–H and O–H groups in total. The first-order valence-corrected chi connectivity index (χ1v) is 9.23. The fourth-order valence-electron chi connectivity index (χ4n) is 4.45. The van der Waals surface area contributed by atoms with E-state index in [-0.39, 0.29) is 7.43 Å². The van der Waals surface area contributed by atoms with E-state index >= 15 is 0 Å². The summed E-state index contributed by atoms with van der Waals surface area (Å²) >= 11 is 0. The van der Waals surface area contributed by atoms with Crippen LogP contribution in [-0.2, 0) is 32.9 Å². The molecule has 26 heavy (non-hydrogen) atoms. The zero-order valence-electron chi connectivity index (χ0n) is 15.0. The number of aromatic nitrogens is 2. The van der Waals surface area contributed by atoms with Gasteiger partial charge in [-0.1, -0.05) is 13.5 Å². The molecule has 3 heterocycles. The number of rotatable bonds is 2. The maximum absolute atomic E-state index is 4.90. The Morgan fingerprint density at radius 2 is 1.88 bits per heavy atom. The molecule has 0 atom stereocenters. The molecule has 0 amide bonds. The topological polar surface area (TPSA) is 33.1 Å². The van der Waals surface area contributed by atoms with E-state index < -0.39 is 0 Å². The third-order valence-electron chi connectivity index (χ3n) is 5.79. The molecule has 3 aromatic rings. The van der Waals surface area contributed by atoms with Gasteiger partial charge in [0.15, 0.2) is 0 Å². The first-order valence-electron chi connectivity index (χ1n) is 9.23. The van der Waals surface area contributed by atoms with Gasteiger partial charge in [-0.25, -0.2) is 4.98 Å². The van der Waals surface area contributed by atoms with Crippen molar-refractivity contribution in [1.29, 1.82) is 0 Å². The van der Waals surface area contributed by atoms with Crippen LogP contribution in [0.5, 0.6) is 0 Å². The molecule has 0 bridgehead atoms. The van der Waals surface area contributed by atoms with Crippen molar-refractivity contribution in [3.05, 3.63) is 52.7 Å². The molecule has 1 aliphatic heterocycles. The molecule has 5 rings (SSSR count). The van der Waals surface area contributed by atoms with Gasteiger partial charge in [0.2, 0.25) is 0 Å². The molecular formula is C22H28N4. The van der Waals surface area contributed by atoms with Crippen LogP contribution in [0.2, 0.25) is 0 Å². The van der Waals surface area contributed by atoms with Crippen LogP contribution in [0.3, 0.4) is 0 Å². The van der Waals surface area contributed by atoms with Gasteiger partial charge in [0.1, 0.15) is 11.5 Å². The minimum atomic E-state index is 0. The number of nitrogens with zero attached hydrogens (tertiary/aromatic N) is 3. The summed E-state index contributed by atoms with van der Waals surface area (Å²) in [5.74, 6) is 0.927. The second-order valence-electron chi connectivity index (χ2n) is 7.50. The summed E-state index contributed by atoms with van der Waals surface area (Å²) in [5, 5.41) is 4.84. The van der Waals surface area contributed by atoms with Gasteiger partial charge in [-0.15, -0.1) is 0 Å². The molecule has 0 saturated carbocycles. The average molecular weight is 348 g/mol. The standard InChI is InChI=1S/C21H24N4.CH4/c1-24-11-10-14-6-7-16(12-15(14)13-24)22-20-9-8-18-17-4-3-5-19(17)25(2)21(18)23-20;/h6-9,12H,3-5,10-11,13H2,1-2H3,(H,22,23);1H4. The summed E-state index contributed by atoms with van der Waals surface area (Å²) < 4.78 is 2.28. The van der Waals surface area contributed by atoms with Crippen LogP contribution >= 0.6 is 0 Å². The number of nitrogens with one attached hydrogen (secondary N) is 1. The van der Waals surface area contributed by atoms with Crippen molar-refractivity contribution >= 4 is 22.5 Å². The second-order valence-corrected chi connectivity index (χ2v) is 7.50.